The summed E-state index contributed by atoms with van der Waals surface area (Å²) >= 11 is 0. The topological polar surface area (TPSA) is 26.3 Å². The van der Waals surface area contributed by atoms with Crippen molar-refractivity contribution in [3.63, 3.8) is 0 Å². The van der Waals surface area contributed by atoms with Gasteiger partial charge in [-0.3, -0.25) is 0 Å². The van der Waals surface area contributed by atoms with Crippen LogP contribution in [0.3, 0.4) is 0 Å². The predicted molar refractivity (Wildman–Crippen MR) is 31.2 cm³/mol. The van der Waals surface area contributed by atoms with Crippen LogP contribution in [-0.2, 0) is 9.74 Å². The van der Waals surface area contributed by atoms with E-state index in [0.717, 1.165) is 13.0 Å². The van der Waals surface area contributed by atoms with Gasteiger partial charge in [-0.25, -0.2) is 14.1 Å². The molecule has 0 aliphatic heterocycles. The monoisotopic (exact) mass is 148 g/mol. The number of hydrogen-bond donors (Lipinski definition) is 0. The molecule has 0 aliphatic rings. The lowest BCUT2D eigenvalue weighted by Crippen LogP contribution is -2.00. The van der Waals surface area contributed by atoms with Gasteiger partial charge in [-0.1, -0.05) is 12.7 Å². The summed E-state index contributed by atoms with van der Waals surface area (Å²) in [6.07, 6.45) is 0.886. The molecule has 0 atom stereocenters. The van der Waals surface area contributed by atoms with Crippen LogP contribution in [0.5, 0.6) is 0 Å². The Morgan fingerprint density at radius 3 is 2.30 bits per heavy atom. The van der Waals surface area contributed by atoms with Crippen molar-refractivity contribution < 1.29 is 18.7 Å². The van der Waals surface area contributed by atoms with Crippen LogP contribution >= 0.6 is 0 Å². The van der Waals surface area contributed by atoms with Gasteiger partial charge in [0.2, 0.25) is 0 Å². The molecule has 0 saturated heterocycles. The van der Waals surface area contributed by atoms with Crippen LogP contribution in [0.1, 0.15) is 6.92 Å². The summed E-state index contributed by atoms with van der Waals surface area (Å²) < 4.78 is 23.2. The van der Waals surface area contributed by atoms with E-state index in [-0.39, 0.29) is 0 Å². The molecule has 0 radical (unpaired) electrons. The Morgan fingerprint density at radius 1 is 1.70 bits per heavy atom. The van der Waals surface area contributed by atoms with E-state index in [2.05, 4.69) is 11.5 Å². The van der Waals surface area contributed by atoms with Crippen LogP contribution in [0, 0.1) is 0 Å². The van der Waals surface area contributed by atoms with Crippen LogP contribution in [0.25, 0.3) is 0 Å². The van der Waals surface area contributed by atoms with Gasteiger partial charge in [-0.2, -0.15) is 0 Å². The van der Waals surface area contributed by atoms with Crippen molar-refractivity contribution in [2.75, 3.05) is 0 Å². The minimum atomic E-state index is -1.37. The molecule has 0 bridgehead atoms. The summed E-state index contributed by atoms with van der Waals surface area (Å²) in [5.41, 5.74) is -0.498. The molecule has 56 valence electrons. The second kappa shape index (κ2) is 3.76. The summed E-state index contributed by atoms with van der Waals surface area (Å²) in [6, 6.07) is 0. The fourth-order valence-electron chi connectivity index (χ4n) is 0.406. The average molecular weight is 148 g/mol. The van der Waals surface area contributed by atoms with E-state index in [1.807, 2.05) is 0 Å². The maximum Gasteiger partial charge on any atom is 0.382 e. The lowest BCUT2D eigenvalue weighted by atomic mass is 10.2. The molecule has 0 fully saturated rings. The van der Waals surface area contributed by atoms with Gasteiger partial charge in [0.1, 0.15) is 5.83 Å². The maximum absolute atomic E-state index is 12.1. The van der Waals surface area contributed by atoms with E-state index in [4.69, 9.17) is 0 Å². The third kappa shape index (κ3) is 1.97. The summed E-state index contributed by atoms with van der Waals surface area (Å²) in [7, 11) is 0. The third-order valence-electron chi connectivity index (χ3n) is 0.865. The van der Waals surface area contributed by atoms with Crippen molar-refractivity contribution in [1.82, 2.24) is 0 Å². The van der Waals surface area contributed by atoms with Gasteiger partial charge in [-0.15, -0.1) is 0 Å². The van der Waals surface area contributed by atoms with Crippen molar-refractivity contribution in [2.45, 2.75) is 6.92 Å². The van der Waals surface area contributed by atoms with E-state index in [1.165, 1.54) is 0 Å². The second-order valence-corrected chi connectivity index (χ2v) is 1.52. The van der Waals surface area contributed by atoms with Crippen molar-refractivity contribution in [3.05, 3.63) is 24.1 Å². The van der Waals surface area contributed by atoms with Gasteiger partial charge in [-0.05, 0) is 6.92 Å². The highest BCUT2D eigenvalue weighted by Crippen LogP contribution is 2.08. The standard InChI is InChI=1S/C6H6F2O2/c1-3-5(4(2)7)6(9)10-8/h3H,1H2,2H3/b5-4-. The molecule has 0 heterocycles. The molecular formula is C6H6F2O2. The zero-order chi connectivity index (χ0) is 8.15. The SMILES string of the molecule is C=C/C(C(=O)OF)=C(\C)F. The Bertz CT molecular complexity index is 180. The molecule has 0 amide bonds. The van der Waals surface area contributed by atoms with Crippen molar-refractivity contribution >= 4 is 5.97 Å². The molecule has 0 saturated carbocycles. The third-order valence-corrected chi connectivity index (χ3v) is 0.865. The zero-order valence-electron chi connectivity index (χ0n) is 5.36. The molecule has 4 heteroatoms. The summed E-state index contributed by atoms with van der Waals surface area (Å²) in [6.45, 7) is 4.09. The average Bonchev–Trinajstić information content (AvgIpc) is 1.88. The highest BCUT2D eigenvalue weighted by Gasteiger charge is 2.11. The van der Waals surface area contributed by atoms with E-state index < -0.39 is 17.4 Å². The molecule has 2 nitrogen and oxygen atoms in total. The van der Waals surface area contributed by atoms with E-state index >= 15 is 0 Å². The van der Waals surface area contributed by atoms with Crippen LogP contribution in [-0.4, -0.2) is 5.97 Å². The van der Waals surface area contributed by atoms with E-state index in [0.29, 0.717) is 0 Å². The largest absolute Gasteiger partial charge is 0.382 e. The van der Waals surface area contributed by atoms with Crippen molar-refractivity contribution in [1.29, 1.82) is 0 Å². The maximum atomic E-state index is 12.1. The first-order valence-corrected chi connectivity index (χ1v) is 2.45. The molecule has 0 spiro atoms. The normalized spacial score (nSPS) is 11.9. The molecular weight excluding hydrogens is 142 g/mol. The van der Waals surface area contributed by atoms with Gasteiger partial charge in [0, 0.05) is 4.53 Å². The highest BCUT2D eigenvalue weighted by molar-refractivity contribution is 5.91. The molecule has 0 unspecified atom stereocenters. The quantitative estimate of drug-likeness (QED) is 0.441. The lowest BCUT2D eigenvalue weighted by Gasteiger charge is -1.93. The summed E-state index contributed by atoms with van der Waals surface area (Å²) in [4.78, 5) is 13.0. The van der Waals surface area contributed by atoms with Crippen LogP contribution in [0.15, 0.2) is 24.1 Å². The first-order valence-electron chi connectivity index (χ1n) is 2.45. The Kier molecular flexibility index (Phi) is 3.32. The molecule has 0 aromatic carbocycles. The number of allylic oxidation sites excluding steroid dienone is 1. The molecule has 0 aromatic rings. The summed E-state index contributed by atoms with van der Waals surface area (Å²) in [5.74, 6) is -2.19. The van der Waals surface area contributed by atoms with Gasteiger partial charge < -0.3 is 0 Å². The summed E-state index contributed by atoms with van der Waals surface area (Å²) in [5, 5.41) is 0. The molecule has 0 rings (SSSR count). The molecule has 0 aromatic heterocycles. The van der Waals surface area contributed by atoms with Crippen LogP contribution in [0.4, 0.5) is 8.92 Å². The number of rotatable bonds is 2. The van der Waals surface area contributed by atoms with Gasteiger partial charge in [0.15, 0.2) is 0 Å². The van der Waals surface area contributed by atoms with Crippen LogP contribution in [0.2, 0.25) is 0 Å². The number of halogens is 2. The number of carbonyl (C=O) groups is 1. The second-order valence-electron chi connectivity index (χ2n) is 1.52. The van der Waals surface area contributed by atoms with Crippen molar-refractivity contribution in [2.24, 2.45) is 0 Å². The molecule has 0 aliphatic carbocycles. The Balaban J connectivity index is 4.53. The number of hydrogen-bond acceptors (Lipinski definition) is 2. The fourth-order valence-corrected chi connectivity index (χ4v) is 0.406. The number of carbonyl (C=O) groups excluding carboxylic acids is 1. The zero-order valence-corrected chi connectivity index (χ0v) is 5.36. The van der Waals surface area contributed by atoms with Crippen molar-refractivity contribution in [3.8, 4) is 0 Å². The molecule has 0 N–H and O–H groups in total. The minimum Gasteiger partial charge on any atom is -0.249 e. The Morgan fingerprint density at radius 2 is 2.20 bits per heavy atom. The lowest BCUT2D eigenvalue weighted by molar-refractivity contribution is -0.177. The minimum absolute atomic E-state index is 0.498. The Labute approximate surface area is 56.7 Å². The predicted octanol–water partition coefficient (Wildman–Crippen LogP) is 1.84. The van der Waals surface area contributed by atoms with E-state index in [1.54, 1.807) is 0 Å². The van der Waals surface area contributed by atoms with Gasteiger partial charge in [0.05, 0.1) is 5.57 Å². The first kappa shape index (κ1) is 8.81. The van der Waals surface area contributed by atoms with E-state index in [9.17, 15) is 13.7 Å². The van der Waals surface area contributed by atoms with Gasteiger partial charge >= 0.3 is 5.97 Å². The van der Waals surface area contributed by atoms with Gasteiger partial charge in [0.25, 0.3) is 0 Å². The fraction of sp³-hybridized carbons (Fsp3) is 0.167. The van der Waals surface area contributed by atoms with Crippen LogP contribution < -0.4 is 0 Å². The first-order chi connectivity index (χ1) is 4.63. The molecule has 10 heavy (non-hydrogen) atoms. The highest BCUT2D eigenvalue weighted by atomic mass is 19.3. The Hall–Kier alpha value is -1.19. The smallest absolute Gasteiger partial charge is 0.249 e.